The lowest BCUT2D eigenvalue weighted by molar-refractivity contribution is -0.385. The van der Waals surface area contributed by atoms with Crippen molar-refractivity contribution in [3.05, 3.63) is 33.9 Å². The van der Waals surface area contributed by atoms with Gasteiger partial charge >= 0.3 is 0 Å². The van der Waals surface area contributed by atoms with E-state index in [4.69, 9.17) is 0 Å². The van der Waals surface area contributed by atoms with Crippen LogP contribution >= 0.6 is 0 Å². The zero-order valence-electron chi connectivity index (χ0n) is 11.4. The van der Waals surface area contributed by atoms with Crippen LogP contribution in [0.5, 0.6) is 0 Å². The van der Waals surface area contributed by atoms with Gasteiger partial charge in [0.1, 0.15) is 0 Å². The Morgan fingerprint density at radius 2 is 1.94 bits per heavy atom. The highest BCUT2D eigenvalue weighted by atomic mass is 16.6. The van der Waals surface area contributed by atoms with Gasteiger partial charge in [0.15, 0.2) is 0 Å². The largest absolute Gasteiger partial charge is 0.384 e. The summed E-state index contributed by atoms with van der Waals surface area (Å²) in [6.07, 6.45) is 0. The third-order valence-electron chi connectivity index (χ3n) is 2.50. The Morgan fingerprint density at radius 3 is 2.44 bits per heavy atom. The number of benzene rings is 1. The standard InChI is InChI=1S/C13H21N3O2/c1-10-9-11(5-6-12(10)16(17)18)14-7-8-15-13(2,3)4/h5-6,9,14-15H,7-8H2,1-4H3. The van der Waals surface area contributed by atoms with E-state index in [-0.39, 0.29) is 16.1 Å². The Morgan fingerprint density at radius 1 is 1.28 bits per heavy atom. The van der Waals surface area contributed by atoms with E-state index >= 15 is 0 Å². The van der Waals surface area contributed by atoms with Crippen LogP contribution < -0.4 is 10.6 Å². The Kier molecular flexibility index (Phi) is 4.67. The number of aryl methyl sites for hydroxylation is 1. The number of nitrogens with one attached hydrogen (secondary N) is 2. The lowest BCUT2D eigenvalue weighted by Crippen LogP contribution is -2.38. The molecule has 5 heteroatoms. The first-order chi connectivity index (χ1) is 8.29. The van der Waals surface area contributed by atoms with E-state index in [2.05, 4.69) is 31.4 Å². The Labute approximate surface area is 108 Å². The molecule has 0 spiro atoms. The minimum absolute atomic E-state index is 0.104. The quantitative estimate of drug-likeness (QED) is 0.479. The lowest BCUT2D eigenvalue weighted by Gasteiger charge is -2.20. The second kappa shape index (κ2) is 5.82. The summed E-state index contributed by atoms with van der Waals surface area (Å²) in [6.45, 7) is 9.72. The second-order valence-corrected chi connectivity index (χ2v) is 5.36. The third kappa shape index (κ3) is 4.71. The summed E-state index contributed by atoms with van der Waals surface area (Å²) in [6, 6.07) is 5.08. The maximum atomic E-state index is 10.7. The van der Waals surface area contributed by atoms with Crippen LogP contribution in [0.4, 0.5) is 11.4 Å². The molecule has 0 radical (unpaired) electrons. The molecular formula is C13H21N3O2. The minimum Gasteiger partial charge on any atom is -0.384 e. The van der Waals surface area contributed by atoms with E-state index in [1.165, 1.54) is 6.07 Å². The van der Waals surface area contributed by atoms with Crippen molar-refractivity contribution in [2.45, 2.75) is 33.2 Å². The zero-order chi connectivity index (χ0) is 13.8. The fourth-order valence-electron chi connectivity index (χ4n) is 1.61. The van der Waals surface area contributed by atoms with Crippen molar-refractivity contribution < 1.29 is 4.92 Å². The van der Waals surface area contributed by atoms with Crippen molar-refractivity contribution in [3.63, 3.8) is 0 Å². The van der Waals surface area contributed by atoms with Gasteiger partial charge in [0.05, 0.1) is 4.92 Å². The van der Waals surface area contributed by atoms with E-state index in [1.807, 2.05) is 0 Å². The number of hydrogen-bond donors (Lipinski definition) is 2. The van der Waals surface area contributed by atoms with Crippen molar-refractivity contribution in [3.8, 4) is 0 Å². The topological polar surface area (TPSA) is 67.2 Å². The number of hydrogen-bond acceptors (Lipinski definition) is 4. The van der Waals surface area contributed by atoms with Crippen LogP contribution in [0.2, 0.25) is 0 Å². The van der Waals surface area contributed by atoms with Gasteiger partial charge in [-0.2, -0.15) is 0 Å². The van der Waals surface area contributed by atoms with Gasteiger partial charge in [-0.3, -0.25) is 10.1 Å². The minimum atomic E-state index is -0.361. The molecule has 5 nitrogen and oxygen atoms in total. The summed E-state index contributed by atoms with van der Waals surface area (Å²) < 4.78 is 0. The molecule has 0 saturated heterocycles. The molecule has 0 fully saturated rings. The first kappa shape index (κ1) is 14.4. The molecule has 0 saturated carbocycles. The normalized spacial score (nSPS) is 11.3. The maximum absolute atomic E-state index is 10.7. The molecule has 0 aliphatic rings. The van der Waals surface area contributed by atoms with E-state index in [0.717, 1.165) is 18.8 Å². The SMILES string of the molecule is Cc1cc(NCCNC(C)(C)C)ccc1[N+](=O)[O-]. The van der Waals surface area contributed by atoms with Gasteiger partial charge in [0.25, 0.3) is 5.69 Å². The number of nitrogens with zero attached hydrogens (tertiary/aromatic N) is 1. The first-order valence-corrected chi connectivity index (χ1v) is 6.03. The summed E-state index contributed by atoms with van der Waals surface area (Å²) in [5.74, 6) is 0. The number of anilines is 1. The smallest absolute Gasteiger partial charge is 0.272 e. The molecule has 0 amide bonds. The highest BCUT2D eigenvalue weighted by Gasteiger charge is 2.10. The molecule has 0 aliphatic heterocycles. The summed E-state index contributed by atoms with van der Waals surface area (Å²) in [4.78, 5) is 10.3. The summed E-state index contributed by atoms with van der Waals surface area (Å²) >= 11 is 0. The molecule has 18 heavy (non-hydrogen) atoms. The fraction of sp³-hybridized carbons (Fsp3) is 0.538. The molecule has 2 N–H and O–H groups in total. The van der Waals surface area contributed by atoms with Gasteiger partial charge in [-0.1, -0.05) is 0 Å². The molecule has 0 atom stereocenters. The van der Waals surface area contributed by atoms with E-state index < -0.39 is 0 Å². The Balaban J connectivity index is 2.49. The summed E-state index contributed by atoms with van der Waals surface area (Å²) in [5.41, 5.74) is 1.85. The monoisotopic (exact) mass is 251 g/mol. The van der Waals surface area contributed by atoms with Crippen molar-refractivity contribution >= 4 is 11.4 Å². The molecular weight excluding hydrogens is 230 g/mol. The zero-order valence-corrected chi connectivity index (χ0v) is 11.4. The molecule has 0 heterocycles. The average Bonchev–Trinajstić information content (AvgIpc) is 2.22. The van der Waals surface area contributed by atoms with Crippen LogP contribution in [0.15, 0.2) is 18.2 Å². The first-order valence-electron chi connectivity index (χ1n) is 6.03. The highest BCUT2D eigenvalue weighted by molar-refractivity contribution is 5.53. The van der Waals surface area contributed by atoms with Gasteiger partial charge in [-0.15, -0.1) is 0 Å². The predicted octanol–water partition coefficient (Wildman–Crippen LogP) is 2.70. The van der Waals surface area contributed by atoms with E-state index in [0.29, 0.717) is 5.56 Å². The van der Waals surface area contributed by atoms with Crippen molar-refractivity contribution in [1.82, 2.24) is 5.32 Å². The van der Waals surface area contributed by atoms with Crippen LogP contribution in [0, 0.1) is 17.0 Å². The fourth-order valence-corrected chi connectivity index (χ4v) is 1.61. The highest BCUT2D eigenvalue weighted by Crippen LogP contribution is 2.21. The summed E-state index contributed by atoms with van der Waals surface area (Å²) in [7, 11) is 0. The third-order valence-corrected chi connectivity index (χ3v) is 2.50. The molecule has 1 rings (SSSR count). The molecule has 0 bridgehead atoms. The second-order valence-electron chi connectivity index (χ2n) is 5.36. The van der Waals surface area contributed by atoms with Crippen LogP contribution in [0.3, 0.4) is 0 Å². The van der Waals surface area contributed by atoms with Crippen LogP contribution in [0.25, 0.3) is 0 Å². The molecule has 0 aromatic heterocycles. The van der Waals surface area contributed by atoms with E-state index in [1.54, 1.807) is 19.1 Å². The lowest BCUT2D eigenvalue weighted by atomic mass is 10.1. The average molecular weight is 251 g/mol. The number of nitro groups is 1. The Bertz CT molecular complexity index is 425. The van der Waals surface area contributed by atoms with Gasteiger partial charge in [0, 0.05) is 35.9 Å². The van der Waals surface area contributed by atoms with Gasteiger partial charge < -0.3 is 10.6 Å². The van der Waals surface area contributed by atoms with Crippen molar-refractivity contribution in [1.29, 1.82) is 0 Å². The van der Waals surface area contributed by atoms with Crippen LogP contribution in [-0.2, 0) is 0 Å². The molecule has 1 aromatic carbocycles. The van der Waals surface area contributed by atoms with Gasteiger partial charge in [-0.05, 0) is 39.8 Å². The van der Waals surface area contributed by atoms with Crippen LogP contribution in [-0.4, -0.2) is 23.6 Å². The molecule has 0 unspecified atom stereocenters. The van der Waals surface area contributed by atoms with Crippen LogP contribution in [0.1, 0.15) is 26.3 Å². The summed E-state index contributed by atoms with van der Waals surface area (Å²) in [5, 5.41) is 17.3. The molecule has 100 valence electrons. The van der Waals surface area contributed by atoms with E-state index in [9.17, 15) is 10.1 Å². The van der Waals surface area contributed by atoms with Gasteiger partial charge in [0.2, 0.25) is 0 Å². The van der Waals surface area contributed by atoms with Crippen molar-refractivity contribution in [2.75, 3.05) is 18.4 Å². The number of nitro benzene ring substituents is 1. The predicted molar refractivity (Wildman–Crippen MR) is 74.1 cm³/mol. The number of rotatable bonds is 5. The van der Waals surface area contributed by atoms with Gasteiger partial charge in [-0.25, -0.2) is 0 Å². The molecule has 1 aromatic rings. The molecule has 0 aliphatic carbocycles. The maximum Gasteiger partial charge on any atom is 0.272 e. The van der Waals surface area contributed by atoms with Crippen molar-refractivity contribution in [2.24, 2.45) is 0 Å². The Hall–Kier alpha value is -1.62.